The van der Waals surface area contributed by atoms with Gasteiger partial charge in [0.05, 0.1) is 34.8 Å². The van der Waals surface area contributed by atoms with Crippen LogP contribution in [0.2, 0.25) is 5.02 Å². The molecular weight excluding hydrogens is 554 g/mol. The van der Waals surface area contributed by atoms with Gasteiger partial charge in [0, 0.05) is 11.5 Å². The maximum Gasteiger partial charge on any atom is 0.245 e. The van der Waals surface area contributed by atoms with Crippen LogP contribution in [0.5, 0.6) is 5.75 Å². The van der Waals surface area contributed by atoms with Gasteiger partial charge in [-0.1, -0.05) is 37.6 Å². The van der Waals surface area contributed by atoms with E-state index in [1.807, 2.05) is 12.1 Å². The number of benzene rings is 2. The van der Waals surface area contributed by atoms with Crippen molar-refractivity contribution in [2.24, 2.45) is 0 Å². The number of methoxy groups -OCH3 is 1. The minimum atomic E-state index is -3.56. The number of nitrogens with one attached hydrogen (secondary N) is 3. The third-order valence-corrected chi connectivity index (χ3v) is 9.72. The number of hydrogen-bond acceptors (Lipinski definition) is 9. The maximum atomic E-state index is 12.9. The van der Waals surface area contributed by atoms with Crippen molar-refractivity contribution in [3.8, 4) is 5.75 Å². The average Bonchev–Trinajstić information content (AvgIpc) is 2.92. The lowest BCUT2D eigenvalue weighted by Gasteiger charge is -2.41. The normalized spacial score (nSPS) is 16.2. The van der Waals surface area contributed by atoms with Crippen LogP contribution in [0, 0.1) is 0 Å². The Balaban J connectivity index is 1.65. The second-order valence-corrected chi connectivity index (χ2v) is 13.4. The van der Waals surface area contributed by atoms with Crippen molar-refractivity contribution in [2.45, 2.75) is 62.1 Å². The first-order chi connectivity index (χ1) is 18.9. The number of halogens is 1. The number of anilines is 4. The molecule has 0 saturated carbocycles. The van der Waals surface area contributed by atoms with Gasteiger partial charge < -0.3 is 25.8 Å². The number of sulfone groups is 1. The van der Waals surface area contributed by atoms with Gasteiger partial charge in [0.2, 0.25) is 11.9 Å². The van der Waals surface area contributed by atoms with Gasteiger partial charge in [-0.25, -0.2) is 13.4 Å². The molecule has 1 heterocycles. The van der Waals surface area contributed by atoms with Crippen molar-refractivity contribution in [2.75, 3.05) is 24.4 Å². The SMILES string of the molecule is COc1cc2c(cc1Nc1ncc(Cl)c(Nc3ccccc3S(=O)(=O)C(C)C)n1)CCC(NC(=O)CO)C2(C)C. The predicted octanol–water partition coefficient (Wildman–Crippen LogP) is 4.51. The number of aliphatic hydroxyl groups excluding tert-OH is 1. The lowest BCUT2D eigenvalue weighted by atomic mass is 9.69. The number of aryl methyl sites for hydroxylation is 1. The fraction of sp³-hybridized carbons (Fsp3) is 0.393. The Hall–Kier alpha value is -3.41. The number of rotatable bonds is 9. The highest BCUT2D eigenvalue weighted by Crippen LogP contribution is 2.42. The monoisotopic (exact) mass is 587 g/mol. The second kappa shape index (κ2) is 11.6. The number of aromatic nitrogens is 2. The van der Waals surface area contributed by atoms with Gasteiger partial charge in [-0.15, -0.1) is 0 Å². The summed E-state index contributed by atoms with van der Waals surface area (Å²) in [5.74, 6) is 0.631. The lowest BCUT2D eigenvalue weighted by Crippen LogP contribution is -2.50. The average molecular weight is 588 g/mol. The molecule has 214 valence electrons. The summed E-state index contributed by atoms with van der Waals surface area (Å²) < 4.78 is 31.5. The van der Waals surface area contributed by atoms with Crippen LogP contribution < -0.4 is 20.7 Å². The molecule has 1 aromatic heterocycles. The van der Waals surface area contributed by atoms with Crippen molar-refractivity contribution in [3.05, 3.63) is 58.7 Å². The minimum absolute atomic E-state index is 0.140. The second-order valence-electron chi connectivity index (χ2n) is 10.5. The highest BCUT2D eigenvalue weighted by atomic mass is 35.5. The van der Waals surface area contributed by atoms with E-state index in [1.54, 1.807) is 45.2 Å². The van der Waals surface area contributed by atoms with Gasteiger partial charge in [0.25, 0.3) is 0 Å². The Bertz CT molecular complexity index is 1530. The van der Waals surface area contributed by atoms with Crippen LogP contribution in [0.3, 0.4) is 0 Å². The molecule has 0 spiro atoms. The molecule has 1 aliphatic carbocycles. The molecule has 12 heteroatoms. The van der Waals surface area contributed by atoms with Crippen LogP contribution in [0.15, 0.2) is 47.5 Å². The third-order valence-electron chi connectivity index (χ3n) is 7.23. The van der Waals surface area contributed by atoms with Crippen LogP contribution in [0.25, 0.3) is 0 Å². The van der Waals surface area contributed by atoms with Gasteiger partial charge in [-0.3, -0.25) is 4.79 Å². The number of para-hydroxylation sites is 1. The standard InChI is InChI=1S/C28H34ClN5O5S/c1-16(2)40(37,38)23-9-7-6-8-20(23)31-26-19(29)14-30-27(34-26)32-21-12-17-10-11-24(33-25(36)15-35)28(3,4)18(17)13-22(21)39-5/h6-9,12-14,16,24,35H,10-11,15H2,1-5H3,(H,33,36)(H2,30,31,32,34). The Morgan fingerprint density at radius 2 is 1.93 bits per heavy atom. The summed E-state index contributed by atoms with van der Waals surface area (Å²) in [6.07, 6.45) is 2.85. The highest BCUT2D eigenvalue weighted by Gasteiger charge is 2.38. The number of aliphatic hydroxyl groups is 1. The first-order valence-electron chi connectivity index (χ1n) is 12.9. The van der Waals surface area contributed by atoms with Gasteiger partial charge in [-0.2, -0.15) is 4.98 Å². The molecule has 1 atom stereocenters. The molecule has 40 heavy (non-hydrogen) atoms. The van der Waals surface area contributed by atoms with Gasteiger partial charge in [0.1, 0.15) is 17.4 Å². The van der Waals surface area contributed by atoms with Gasteiger partial charge in [0.15, 0.2) is 15.7 Å². The smallest absolute Gasteiger partial charge is 0.245 e. The zero-order valence-electron chi connectivity index (χ0n) is 23.1. The maximum absolute atomic E-state index is 12.9. The van der Waals surface area contributed by atoms with E-state index in [0.29, 0.717) is 30.0 Å². The molecule has 2 aromatic carbocycles. The molecule has 0 aliphatic heterocycles. The third kappa shape index (κ3) is 5.86. The molecule has 1 unspecified atom stereocenters. The quantitative estimate of drug-likeness (QED) is 0.284. The van der Waals surface area contributed by atoms with Crippen LogP contribution in [-0.4, -0.2) is 54.4 Å². The molecule has 4 rings (SSSR count). The predicted molar refractivity (Wildman–Crippen MR) is 156 cm³/mol. The molecule has 10 nitrogen and oxygen atoms in total. The van der Waals surface area contributed by atoms with Crippen LogP contribution in [-0.2, 0) is 26.5 Å². The molecule has 3 aromatic rings. The molecular formula is C28H34ClN5O5S. The van der Waals surface area contributed by atoms with E-state index in [9.17, 15) is 18.3 Å². The largest absolute Gasteiger partial charge is 0.495 e. The Labute approximate surface area is 239 Å². The molecule has 1 aliphatic rings. The van der Waals surface area contributed by atoms with E-state index < -0.39 is 33.0 Å². The van der Waals surface area contributed by atoms with Crippen LogP contribution in [0.4, 0.5) is 23.1 Å². The summed E-state index contributed by atoms with van der Waals surface area (Å²) >= 11 is 6.39. The number of carbonyl (C=O) groups is 1. The highest BCUT2D eigenvalue weighted by molar-refractivity contribution is 7.92. The van der Waals surface area contributed by atoms with Crippen molar-refractivity contribution in [1.29, 1.82) is 0 Å². The number of amides is 1. The molecule has 4 N–H and O–H groups in total. The number of fused-ring (bicyclic) bond motifs is 1. The van der Waals surface area contributed by atoms with Gasteiger partial charge in [-0.05, 0) is 62.1 Å². The lowest BCUT2D eigenvalue weighted by molar-refractivity contribution is -0.125. The van der Waals surface area contributed by atoms with Crippen molar-refractivity contribution >= 4 is 50.5 Å². The summed E-state index contributed by atoms with van der Waals surface area (Å²) in [7, 11) is -1.99. The molecule has 0 fully saturated rings. The van der Waals surface area contributed by atoms with E-state index in [2.05, 4.69) is 39.8 Å². The summed E-state index contributed by atoms with van der Waals surface area (Å²) in [6, 6.07) is 10.4. The Morgan fingerprint density at radius 3 is 2.60 bits per heavy atom. The molecule has 0 radical (unpaired) electrons. The summed E-state index contributed by atoms with van der Waals surface area (Å²) in [5, 5.41) is 18.0. The summed E-state index contributed by atoms with van der Waals surface area (Å²) in [4.78, 5) is 20.8. The first-order valence-corrected chi connectivity index (χ1v) is 14.8. The van der Waals surface area contributed by atoms with E-state index in [0.717, 1.165) is 11.1 Å². The number of ether oxygens (including phenoxy) is 1. The zero-order chi connectivity index (χ0) is 29.2. The number of carbonyl (C=O) groups excluding carboxylic acids is 1. The fourth-order valence-corrected chi connectivity index (χ4v) is 6.21. The topological polar surface area (TPSA) is 143 Å². The molecule has 0 bridgehead atoms. The van der Waals surface area contributed by atoms with Crippen LogP contribution >= 0.6 is 11.6 Å². The molecule has 0 saturated heterocycles. The number of nitrogens with zero attached hydrogens (tertiary/aromatic N) is 2. The van der Waals surface area contributed by atoms with E-state index in [-0.39, 0.29) is 27.7 Å². The van der Waals surface area contributed by atoms with Crippen molar-refractivity contribution in [1.82, 2.24) is 15.3 Å². The van der Waals surface area contributed by atoms with Gasteiger partial charge >= 0.3 is 0 Å². The summed E-state index contributed by atoms with van der Waals surface area (Å²) in [5.41, 5.74) is 2.72. The van der Waals surface area contributed by atoms with Crippen molar-refractivity contribution in [3.63, 3.8) is 0 Å². The van der Waals surface area contributed by atoms with E-state index in [1.165, 1.54) is 6.20 Å². The number of hydrogen-bond donors (Lipinski definition) is 4. The Kier molecular flexibility index (Phi) is 8.57. The van der Waals surface area contributed by atoms with E-state index in [4.69, 9.17) is 16.3 Å². The summed E-state index contributed by atoms with van der Waals surface area (Å²) in [6.45, 7) is 6.81. The van der Waals surface area contributed by atoms with E-state index >= 15 is 0 Å². The zero-order valence-corrected chi connectivity index (χ0v) is 24.7. The fourth-order valence-electron chi connectivity index (χ4n) is 4.87. The minimum Gasteiger partial charge on any atom is -0.495 e. The first kappa shape index (κ1) is 29.6. The molecule has 1 amide bonds. The van der Waals surface area contributed by atoms with Crippen LogP contribution in [0.1, 0.15) is 45.2 Å². The Morgan fingerprint density at radius 1 is 1.20 bits per heavy atom. The van der Waals surface area contributed by atoms with Crippen molar-refractivity contribution < 1.29 is 23.1 Å².